The molecule has 1 N–H and O–H groups in total. The maximum absolute atomic E-state index is 11.8. The van der Waals surface area contributed by atoms with E-state index in [1.165, 1.54) is 0 Å². The lowest BCUT2D eigenvalue weighted by molar-refractivity contribution is -0.174. The second kappa shape index (κ2) is 8.84. The van der Waals surface area contributed by atoms with Gasteiger partial charge in [0.15, 0.2) is 0 Å². The molecule has 0 saturated heterocycles. The summed E-state index contributed by atoms with van der Waals surface area (Å²) in [6.45, 7) is 3.89. The molecule has 0 atom stereocenters. The standard InChI is InChI=1S/C14H21F3N2O2/c1-11(2)18-8-12-4-5-13(9-19-12)21-7-3-6-20-10-14(15,16)17/h4-5,9,11,18H,3,6-8,10H2,1-2H3. The zero-order chi connectivity index (χ0) is 15.7. The van der Waals surface area contributed by atoms with Crippen molar-refractivity contribution in [2.24, 2.45) is 0 Å². The molecule has 1 aromatic rings. The molecule has 0 radical (unpaired) electrons. The number of aromatic nitrogens is 1. The van der Waals surface area contributed by atoms with Gasteiger partial charge in [0.1, 0.15) is 12.4 Å². The van der Waals surface area contributed by atoms with Crippen LogP contribution in [-0.2, 0) is 11.3 Å². The molecule has 0 aliphatic carbocycles. The monoisotopic (exact) mass is 306 g/mol. The molecule has 1 aromatic heterocycles. The van der Waals surface area contributed by atoms with Crippen molar-refractivity contribution >= 4 is 0 Å². The third-order valence-electron chi connectivity index (χ3n) is 2.46. The van der Waals surface area contributed by atoms with E-state index in [-0.39, 0.29) is 6.61 Å². The fraction of sp³-hybridized carbons (Fsp3) is 0.643. The van der Waals surface area contributed by atoms with Crippen molar-refractivity contribution < 1.29 is 22.6 Å². The summed E-state index contributed by atoms with van der Waals surface area (Å²) in [6.07, 6.45) is -2.27. The minimum atomic E-state index is -4.27. The summed E-state index contributed by atoms with van der Waals surface area (Å²) in [4.78, 5) is 4.23. The Hall–Kier alpha value is -1.34. The largest absolute Gasteiger partial charge is 0.492 e. The lowest BCUT2D eigenvalue weighted by Gasteiger charge is -2.10. The van der Waals surface area contributed by atoms with Crippen LogP contribution in [0.15, 0.2) is 18.3 Å². The third kappa shape index (κ3) is 9.25. The Bertz CT molecular complexity index is 394. The molecule has 0 spiro atoms. The number of halogens is 3. The van der Waals surface area contributed by atoms with E-state index < -0.39 is 12.8 Å². The number of ether oxygens (including phenoxy) is 2. The number of alkyl halides is 3. The normalized spacial score (nSPS) is 11.9. The smallest absolute Gasteiger partial charge is 0.411 e. The highest BCUT2D eigenvalue weighted by Gasteiger charge is 2.27. The molecule has 0 bridgehead atoms. The molecule has 0 saturated carbocycles. The minimum absolute atomic E-state index is 0.0172. The Kier molecular flexibility index (Phi) is 7.45. The molecule has 4 nitrogen and oxygen atoms in total. The van der Waals surface area contributed by atoms with Gasteiger partial charge in [-0.1, -0.05) is 13.8 Å². The number of hydrogen-bond donors (Lipinski definition) is 1. The molecule has 0 amide bonds. The Morgan fingerprint density at radius 2 is 2.00 bits per heavy atom. The first-order valence-corrected chi connectivity index (χ1v) is 6.82. The lowest BCUT2D eigenvalue weighted by atomic mass is 10.3. The first kappa shape index (κ1) is 17.7. The van der Waals surface area contributed by atoms with Crippen molar-refractivity contribution in [2.75, 3.05) is 19.8 Å². The average Bonchev–Trinajstić information content (AvgIpc) is 2.40. The van der Waals surface area contributed by atoms with E-state index in [1.54, 1.807) is 12.3 Å². The van der Waals surface area contributed by atoms with E-state index in [0.717, 1.165) is 5.69 Å². The Balaban J connectivity index is 2.15. The van der Waals surface area contributed by atoms with Crippen LogP contribution in [0.5, 0.6) is 5.75 Å². The molecule has 0 fully saturated rings. The highest BCUT2D eigenvalue weighted by molar-refractivity contribution is 5.19. The topological polar surface area (TPSA) is 43.4 Å². The van der Waals surface area contributed by atoms with Crippen LogP contribution >= 0.6 is 0 Å². The van der Waals surface area contributed by atoms with Gasteiger partial charge in [0.25, 0.3) is 0 Å². The molecule has 0 unspecified atom stereocenters. The molecule has 0 aliphatic rings. The van der Waals surface area contributed by atoms with E-state index in [2.05, 4.69) is 28.9 Å². The summed E-state index contributed by atoms with van der Waals surface area (Å²) in [5.74, 6) is 0.596. The second-order valence-corrected chi connectivity index (χ2v) is 4.89. The average molecular weight is 306 g/mol. The second-order valence-electron chi connectivity index (χ2n) is 4.89. The molecule has 1 heterocycles. The molecule has 1 rings (SSSR count). The van der Waals surface area contributed by atoms with Gasteiger partial charge in [-0.15, -0.1) is 0 Å². The highest BCUT2D eigenvalue weighted by atomic mass is 19.4. The van der Waals surface area contributed by atoms with Crippen molar-refractivity contribution in [2.45, 2.75) is 39.0 Å². The molecular weight excluding hydrogens is 285 g/mol. The van der Waals surface area contributed by atoms with Crippen LogP contribution in [0.4, 0.5) is 13.2 Å². The maximum Gasteiger partial charge on any atom is 0.411 e. The van der Waals surface area contributed by atoms with Gasteiger partial charge in [-0.2, -0.15) is 13.2 Å². The number of nitrogens with zero attached hydrogens (tertiary/aromatic N) is 1. The molecule has 120 valence electrons. The van der Waals surface area contributed by atoms with Gasteiger partial charge in [-0.25, -0.2) is 0 Å². The van der Waals surface area contributed by atoms with Gasteiger partial charge in [0.05, 0.1) is 25.1 Å². The summed E-state index contributed by atoms with van der Waals surface area (Å²) in [6, 6.07) is 4.03. The van der Waals surface area contributed by atoms with Crippen molar-refractivity contribution in [1.29, 1.82) is 0 Å². The van der Waals surface area contributed by atoms with Crippen molar-refractivity contribution in [3.63, 3.8) is 0 Å². The summed E-state index contributed by atoms with van der Waals surface area (Å²) < 4.78 is 45.3. The third-order valence-corrected chi connectivity index (χ3v) is 2.46. The SMILES string of the molecule is CC(C)NCc1ccc(OCCCOCC(F)(F)F)cn1. The summed E-state index contributed by atoms with van der Waals surface area (Å²) in [7, 11) is 0. The van der Waals surface area contributed by atoms with E-state index in [1.807, 2.05) is 6.07 Å². The van der Waals surface area contributed by atoms with Crippen molar-refractivity contribution in [3.05, 3.63) is 24.0 Å². The molecule has 0 aromatic carbocycles. The highest BCUT2D eigenvalue weighted by Crippen LogP contribution is 2.14. The quantitative estimate of drug-likeness (QED) is 0.712. The summed E-state index contributed by atoms with van der Waals surface area (Å²) in [5, 5.41) is 3.25. The lowest BCUT2D eigenvalue weighted by Crippen LogP contribution is -2.22. The van der Waals surface area contributed by atoms with Crippen molar-refractivity contribution in [3.8, 4) is 5.75 Å². The number of rotatable bonds is 9. The van der Waals surface area contributed by atoms with Gasteiger partial charge in [0, 0.05) is 19.0 Å². The van der Waals surface area contributed by atoms with Gasteiger partial charge in [0.2, 0.25) is 0 Å². The van der Waals surface area contributed by atoms with Crippen LogP contribution in [0.3, 0.4) is 0 Å². The fourth-order valence-electron chi connectivity index (χ4n) is 1.45. The summed E-state index contributed by atoms with van der Waals surface area (Å²) in [5.41, 5.74) is 0.907. The Labute approximate surface area is 122 Å². The van der Waals surface area contributed by atoms with Gasteiger partial charge in [-0.05, 0) is 12.1 Å². The minimum Gasteiger partial charge on any atom is -0.492 e. The fourth-order valence-corrected chi connectivity index (χ4v) is 1.45. The maximum atomic E-state index is 11.8. The predicted octanol–water partition coefficient (Wildman–Crippen LogP) is 2.93. The van der Waals surface area contributed by atoms with E-state index in [0.29, 0.717) is 31.4 Å². The van der Waals surface area contributed by atoms with Crippen LogP contribution < -0.4 is 10.1 Å². The first-order valence-electron chi connectivity index (χ1n) is 6.82. The van der Waals surface area contributed by atoms with Crippen LogP contribution in [0, 0.1) is 0 Å². The molecule has 0 aliphatic heterocycles. The number of pyridine rings is 1. The molecule has 21 heavy (non-hydrogen) atoms. The van der Waals surface area contributed by atoms with Crippen LogP contribution in [0.1, 0.15) is 26.0 Å². The van der Waals surface area contributed by atoms with E-state index in [9.17, 15) is 13.2 Å². The summed E-state index contributed by atoms with van der Waals surface area (Å²) >= 11 is 0. The zero-order valence-corrected chi connectivity index (χ0v) is 12.2. The molecule has 7 heteroatoms. The van der Waals surface area contributed by atoms with Gasteiger partial charge >= 0.3 is 6.18 Å². The molecular formula is C14H21F3N2O2. The predicted molar refractivity (Wildman–Crippen MR) is 73.2 cm³/mol. The van der Waals surface area contributed by atoms with Crippen LogP contribution in [-0.4, -0.2) is 37.0 Å². The van der Waals surface area contributed by atoms with Crippen molar-refractivity contribution in [1.82, 2.24) is 10.3 Å². The Morgan fingerprint density at radius 3 is 2.57 bits per heavy atom. The van der Waals surface area contributed by atoms with E-state index in [4.69, 9.17) is 4.74 Å². The van der Waals surface area contributed by atoms with Gasteiger partial charge in [-0.3, -0.25) is 4.98 Å². The van der Waals surface area contributed by atoms with Crippen LogP contribution in [0.2, 0.25) is 0 Å². The Morgan fingerprint density at radius 1 is 1.24 bits per heavy atom. The zero-order valence-electron chi connectivity index (χ0n) is 12.2. The number of nitrogens with one attached hydrogen (secondary N) is 1. The van der Waals surface area contributed by atoms with Crippen LogP contribution in [0.25, 0.3) is 0 Å². The van der Waals surface area contributed by atoms with Gasteiger partial charge < -0.3 is 14.8 Å². The number of hydrogen-bond acceptors (Lipinski definition) is 4. The first-order chi connectivity index (χ1) is 9.87. The van der Waals surface area contributed by atoms with E-state index >= 15 is 0 Å².